The van der Waals surface area contributed by atoms with Gasteiger partial charge < -0.3 is 10.6 Å². The number of carbonyl (C=O) groups excluding carboxylic acids is 3. The van der Waals surface area contributed by atoms with E-state index in [1.807, 2.05) is 0 Å². The molecule has 4 rings (SSSR count). The van der Waals surface area contributed by atoms with Gasteiger partial charge in [0.05, 0.1) is 11.8 Å². The molecule has 2 heterocycles. The molecule has 24 heavy (non-hydrogen) atoms. The van der Waals surface area contributed by atoms with Crippen LogP contribution in [0.4, 0.5) is 0 Å². The van der Waals surface area contributed by atoms with E-state index in [1.165, 1.54) is 4.90 Å². The number of rotatable bonds is 4. The number of nitrogens with one attached hydrogen (secondary N) is 2. The van der Waals surface area contributed by atoms with E-state index < -0.39 is 0 Å². The van der Waals surface area contributed by atoms with Crippen molar-refractivity contribution in [3.8, 4) is 0 Å². The van der Waals surface area contributed by atoms with Gasteiger partial charge >= 0.3 is 0 Å². The molecule has 0 aromatic rings. The summed E-state index contributed by atoms with van der Waals surface area (Å²) in [5.74, 6) is 0.246. The molecule has 0 aromatic carbocycles. The molecule has 2 aliphatic heterocycles. The van der Waals surface area contributed by atoms with Crippen LogP contribution in [-0.2, 0) is 14.4 Å². The van der Waals surface area contributed by atoms with Crippen LogP contribution in [0.2, 0.25) is 0 Å². The first-order valence-corrected chi connectivity index (χ1v) is 8.69. The number of hydrogen-bond acceptors (Lipinski definition) is 4. The van der Waals surface area contributed by atoms with E-state index in [0.29, 0.717) is 13.1 Å². The maximum absolute atomic E-state index is 12.5. The topological polar surface area (TPSA) is 78.5 Å². The quantitative estimate of drug-likeness (QED) is 0.564. The largest absolute Gasteiger partial charge is 0.354 e. The summed E-state index contributed by atoms with van der Waals surface area (Å²) in [6, 6.07) is 0. The van der Waals surface area contributed by atoms with E-state index in [1.54, 1.807) is 0 Å². The zero-order valence-corrected chi connectivity index (χ0v) is 14.4. The van der Waals surface area contributed by atoms with Gasteiger partial charge in [-0.05, 0) is 44.2 Å². The molecular weight excluding hydrogens is 330 g/mol. The van der Waals surface area contributed by atoms with Crippen molar-refractivity contribution in [2.45, 2.75) is 19.3 Å². The van der Waals surface area contributed by atoms with Gasteiger partial charge in [-0.1, -0.05) is 12.2 Å². The summed E-state index contributed by atoms with van der Waals surface area (Å²) in [4.78, 5) is 38.5. The molecule has 0 aromatic heterocycles. The number of allylic oxidation sites excluding steroid dienone is 2. The summed E-state index contributed by atoms with van der Waals surface area (Å²) in [5.41, 5.74) is 0. The molecule has 2 bridgehead atoms. The van der Waals surface area contributed by atoms with Crippen LogP contribution in [-0.4, -0.2) is 48.8 Å². The highest BCUT2D eigenvalue weighted by Gasteiger charge is 2.58. The number of piperidine rings is 1. The number of fused-ring (bicyclic) bond motifs is 5. The molecule has 4 unspecified atom stereocenters. The van der Waals surface area contributed by atoms with Gasteiger partial charge in [-0.15, -0.1) is 12.4 Å². The average Bonchev–Trinajstić information content (AvgIpc) is 3.25. The molecule has 2 N–H and O–H groups in total. The van der Waals surface area contributed by atoms with Crippen molar-refractivity contribution in [3.05, 3.63) is 12.2 Å². The van der Waals surface area contributed by atoms with Crippen molar-refractivity contribution >= 4 is 30.1 Å². The number of likely N-dealkylation sites (tertiary alicyclic amines) is 1. The van der Waals surface area contributed by atoms with Gasteiger partial charge in [0.1, 0.15) is 0 Å². The van der Waals surface area contributed by atoms with Crippen LogP contribution in [0.15, 0.2) is 12.2 Å². The van der Waals surface area contributed by atoms with Crippen LogP contribution in [0.3, 0.4) is 0 Å². The Bertz CT molecular complexity index is 543. The highest BCUT2D eigenvalue weighted by Crippen LogP contribution is 2.52. The fourth-order valence-electron chi connectivity index (χ4n) is 4.70. The monoisotopic (exact) mass is 353 g/mol. The highest BCUT2D eigenvalue weighted by atomic mass is 35.5. The Morgan fingerprint density at radius 2 is 1.71 bits per heavy atom. The van der Waals surface area contributed by atoms with Gasteiger partial charge in [0, 0.05) is 19.0 Å². The van der Waals surface area contributed by atoms with Crippen LogP contribution < -0.4 is 10.6 Å². The lowest BCUT2D eigenvalue weighted by Gasteiger charge is -2.22. The SMILES string of the molecule is Cl.O=C(NCCN1C(=O)C2C3C=CC(C3)C2C1=O)C1CCNCC1. The van der Waals surface area contributed by atoms with Crippen LogP contribution in [0.1, 0.15) is 19.3 Å². The lowest BCUT2D eigenvalue weighted by molar-refractivity contribution is -0.141. The van der Waals surface area contributed by atoms with Crippen molar-refractivity contribution in [1.82, 2.24) is 15.5 Å². The highest BCUT2D eigenvalue weighted by molar-refractivity contribution is 6.06. The van der Waals surface area contributed by atoms with Gasteiger partial charge in [0.15, 0.2) is 0 Å². The zero-order valence-electron chi connectivity index (χ0n) is 13.6. The fourth-order valence-corrected chi connectivity index (χ4v) is 4.70. The first-order chi connectivity index (χ1) is 11.2. The Balaban J connectivity index is 0.00000169. The molecule has 7 heteroatoms. The van der Waals surface area contributed by atoms with Gasteiger partial charge in [-0.3, -0.25) is 19.3 Å². The molecule has 2 saturated heterocycles. The smallest absolute Gasteiger partial charge is 0.233 e. The van der Waals surface area contributed by atoms with Crippen molar-refractivity contribution in [3.63, 3.8) is 0 Å². The summed E-state index contributed by atoms with van der Waals surface area (Å²) in [6.07, 6.45) is 6.85. The molecule has 4 atom stereocenters. The normalized spacial score (nSPS) is 34.4. The summed E-state index contributed by atoms with van der Waals surface area (Å²) in [5, 5.41) is 6.13. The molecule has 1 saturated carbocycles. The Morgan fingerprint density at radius 3 is 2.29 bits per heavy atom. The maximum atomic E-state index is 12.5. The summed E-state index contributed by atoms with van der Waals surface area (Å²) in [6.45, 7) is 2.42. The Hall–Kier alpha value is -1.40. The Morgan fingerprint density at radius 1 is 1.12 bits per heavy atom. The molecule has 4 aliphatic rings. The minimum atomic E-state index is -0.141. The standard InChI is InChI=1S/C17H23N3O3.ClH/c21-15(10-3-5-18-6-4-10)19-7-8-20-16(22)13-11-1-2-12(9-11)14(13)17(20)23;/h1-2,10-14,18H,3-9H2,(H,19,21);1H. The van der Waals surface area contributed by atoms with E-state index >= 15 is 0 Å². The third kappa shape index (κ3) is 2.75. The molecule has 0 radical (unpaired) electrons. The van der Waals surface area contributed by atoms with Gasteiger partial charge in [0.25, 0.3) is 0 Å². The lowest BCUT2D eigenvalue weighted by Crippen LogP contribution is -2.43. The Labute approximate surface area is 147 Å². The van der Waals surface area contributed by atoms with Crippen LogP contribution >= 0.6 is 12.4 Å². The summed E-state index contributed by atoms with van der Waals surface area (Å²) >= 11 is 0. The number of halogens is 1. The number of hydrogen-bond donors (Lipinski definition) is 2. The average molecular weight is 354 g/mol. The zero-order chi connectivity index (χ0) is 16.0. The summed E-state index contributed by atoms with van der Waals surface area (Å²) < 4.78 is 0. The van der Waals surface area contributed by atoms with Crippen molar-refractivity contribution < 1.29 is 14.4 Å². The van der Waals surface area contributed by atoms with E-state index in [2.05, 4.69) is 22.8 Å². The van der Waals surface area contributed by atoms with Gasteiger partial charge in [-0.25, -0.2) is 0 Å². The molecule has 3 fully saturated rings. The summed E-state index contributed by atoms with van der Waals surface area (Å²) in [7, 11) is 0. The van der Waals surface area contributed by atoms with Crippen LogP contribution in [0.25, 0.3) is 0 Å². The predicted molar refractivity (Wildman–Crippen MR) is 90.3 cm³/mol. The third-order valence-corrected chi connectivity index (χ3v) is 5.91. The first kappa shape index (κ1) is 17.4. The minimum absolute atomic E-state index is 0. The van der Waals surface area contributed by atoms with Crippen LogP contribution in [0, 0.1) is 29.6 Å². The van der Waals surface area contributed by atoms with E-state index in [9.17, 15) is 14.4 Å². The van der Waals surface area contributed by atoms with Crippen molar-refractivity contribution in [2.75, 3.05) is 26.2 Å². The second kappa shape index (κ2) is 6.84. The molecule has 132 valence electrons. The Kier molecular flexibility index (Phi) is 4.97. The van der Waals surface area contributed by atoms with Crippen LogP contribution in [0.5, 0.6) is 0 Å². The van der Waals surface area contributed by atoms with Crippen molar-refractivity contribution in [1.29, 1.82) is 0 Å². The number of nitrogens with zero attached hydrogens (tertiary/aromatic N) is 1. The number of imide groups is 1. The number of amides is 3. The lowest BCUT2D eigenvalue weighted by atomic mass is 9.85. The van der Waals surface area contributed by atoms with Crippen molar-refractivity contribution in [2.24, 2.45) is 29.6 Å². The second-order valence-electron chi connectivity index (χ2n) is 7.14. The van der Waals surface area contributed by atoms with Gasteiger partial charge in [-0.2, -0.15) is 0 Å². The third-order valence-electron chi connectivity index (χ3n) is 5.91. The van der Waals surface area contributed by atoms with E-state index in [0.717, 1.165) is 32.4 Å². The molecule has 6 nitrogen and oxygen atoms in total. The predicted octanol–water partition coefficient (Wildman–Crippen LogP) is 0.331. The molecule has 2 aliphatic carbocycles. The fraction of sp³-hybridized carbons (Fsp3) is 0.706. The number of carbonyl (C=O) groups is 3. The minimum Gasteiger partial charge on any atom is -0.354 e. The van der Waals surface area contributed by atoms with Gasteiger partial charge in [0.2, 0.25) is 17.7 Å². The van der Waals surface area contributed by atoms with E-state index in [4.69, 9.17) is 0 Å². The first-order valence-electron chi connectivity index (χ1n) is 8.69. The molecule has 3 amide bonds. The second-order valence-corrected chi connectivity index (χ2v) is 7.14. The maximum Gasteiger partial charge on any atom is 0.233 e. The molecule has 0 spiro atoms. The molecular formula is C17H24ClN3O3. The van der Waals surface area contributed by atoms with E-state index in [-0.39, 0.29) is 59.7 Å².